The highest BCUT2D eigenvalue weighted by Gasteiger charge is 2.24. The molecule has 1 aromatic heterocycles. The molecule has 0 unspecified atom stereocenters. The van der Waals surface area contributed by atoms with Gasteiger partial charge in [0, 0.05) is 25.7 Å². The zero-order chi connectivity index (χ0) is 15.4. The first-order valence-corrected chi connectivity index (χ1v) is 9.08. The van der Waals surface area contributed by atoms with Gasteiger partial charge in [-0.2, -0.15) is 0 Å². The Morgan fingerprint density at radius 2 is 2.14 bits per heavy atom. The second-order valence-electron chi connectivity index (χ2n) is 6.07. The molecule has 2 heterocycles. The fraction of sp³-hybridized carbons (Fsp3) is 0.706. The minimum absolute atomic E-state index is 0.196. The van der Waals surface area contributed by atoms with Gasteiger partial charge < -0.3 is 9.80 Å². The average molecular weight is 308 g/mol. The molecule has 0 saturated carbocycles. The lowest BCUT2D eigenvalue weighted by Gasteiger charge is -2.24. The summed E-state index contributed by atoms with van der Waals surface area (Å²) in [4.78, 5) is 18.1. The third-order valence-electron chi connectivity index (χ3n) is 4.13. The molecule has 4 heteroatoms. The van der Waals surface area contributed by atoms with E-state index in [1.165, 1.54) is 23.4 Å². The van der Waals surface area contributed by atoms with Crippen LogP contribution in [0.5, 0.6) is 0 Å². The molecule has 21 heavy (non-hydrogen) atoms. The van der Waals surface area contributed by atoms with Crippen molar-refractivity contribution in [3.63, 3.8) is 0 Å². The zero-order valence-electron chi connectivity index (χ0n) is 13.8. The zero-order valence-corrected chi connectivity index (χ0v) is 14.6. The minimum Gasteiger partial charge on any atom is -0.363 e. The Morgan fingerprint density at radius 3 is 2.76 bits per heavy atom. The van der Waals surface area contributed by atoms with Crippen LogP contribution < -0.4 is 4.90 Å². The summed E-state index contributed by atoms with van der Waals surface area (Å²) >= 11 is 1.70. The maximum atomic E-state index is 12.7. The molecule has 0 aromatic carbocycles. The van der Waals surface area contributed by atoms with Crippen LogP contribution >= 0.6 is 11.3 Å². The van der Waals surface area contributed by atoms with Gasteiger partial charge in [0.05, 0.1) is 9.88 Å². The highest BCUT2D eigenvalue weighted by Crippen LogP contribution is 2.36. The molecule has 1 amide bonds. The number of thiophene rings is 1. The first kappa shape index (κ1) is 16.3. The number of aryl methyl sites for hydroxylation is 1. The van der Waals surface area contributed by atoms with E-state index in [9.17, 15) is 4.79 Å². The lowest BCUT2D eigenvalue weighted by atomic mass is 10.1. The molecule has 0 radical (unpaired) electrons. The molecule has 0 atom stereocenters. The van der Waals surface area contributed by atoms with Crippen LogP contribution in [0.15, 0.2) is 6.07 Å². The summed E-state index contributed by atoms with van der Waals surface area (Å²) in [6.45, 7) is 11.5. The lowest BCUT2D eigenvalue weighted by Crippen LogP contribution is -2.36. The van der Waals surface area contributed by atoms with Crippen molar-refractivity contribution in [3.05, 3.63) is 16.5 Å². The van der Waals surface area contributed by atoms with Gasteiger partial charge in [-0.25, -0.2) is 0 Å². The van der Waals surface area contributed by atoms with E-state index in [2.05, 4.69) is 38.7 Å². The summed E-state index contributed by atoms with van der Waals surface area (Å²) in [5.74, 6) is 0.196. The quantitative estimate of drug-likeness (QED) is 0.815. The monoisotopic (exact) mass is 308 g/mol. The molecular weight excluding hydrogens is 280 g/mol. The Bertz CT molecular complexity index is 481. The maximum Gasteiger partial charge on any atom is 0.264 e. The van der Waals surface area contributed by atoms with Crippen LogP contribution in [0.3, 0.4) is 0 Å². The predicted octanol–water partition coefficient (Wildman–Crippen LogP) is 4.17. The van der Waals surface area contributed by atoms with Gasteiger partial charge in [-0.3, -0.25) is 4.79 Å². The number of nitrogens with zero attached hydrogens (tertiary/aromatic N) is 2. The van der Waals surface area contributed by atoms with Crippen molar-refractivity contribution in [2.24, 2.45) is 0 Å². The smallest absolute Gasteiger partial charge is 0.264 e. The highest BCUT2D eigenvalue weighted by atomic mass is 32.1. The van der Waals surface area contributed by atoms with Crippen molar-refractivity contribution in [1.82, 2.24) is 4.90 Å². The van der Waals surface area contributed by atoms with Crippen molar-refractivity contribution >= 4 is 22.2 Å². The molecule has 0 N–H and O–H groups in total. The van der Waals surface area contributed by atoms with Gasteiger partial charge in [-0.15, -0.1) is 11.3 Å². The predicted molar refractivity (Wildman–Crippen MR) is 91.6 cm³/mol. The number of fused-ring (bicyclic) bond motifs is 1. The topological polar surface area (TPSA) is 23.6 Å². The van der Waals surface area contributed by atoms with E-state index in [0.29, 0.717) is 0 Å². The summed E-state index contributed by atoms with van der Waals surface area (Å²) in [6.07, 6.45) is 4.78. The molecule has 118 valence electrons. The Hall–Kier alpha value is -1.03. The van der Waals surface area contributed by atoms with Crippen LogP contribution in [0, 0.1) is 0 Å². The molecule has 1 aromatic rings. The largest absolute Gasteiger partial charge is 0.363 e. The lowest BCUT2D eigenvalue weighted by molar-refractivity contribution is 0.0722. The summed E-state index contributed by atoms with van der Waals surface area (Å²) in [7, 11) is 0. The number of rotatable bonds is 5. The first-order valence-electron chi connectivity index (χ1n) is 8.27. The van der Waals surface area contributed by atoms with Gasteiger partial charge >= 0.3 is 0 Å². The number of anilines is 1. The van der Waals surface area contributed by atoms with E-state index in [1.54, 1.807) is 11.3 Å². The van der Waals surface area contributed by atoms with E-state index in [-0.39, 0.29) is 11.9 Å². The normalized spacial score (nSPS) is 15.0. The van der Waals surface area contributed by atoms with E-state index in [1.807, 2.05) is 4.90 Å². The fourth-order valence-electron chi connectivity index (χ4n) is 3.06. The van der Waals surface area contributed by atoms with Gasteiger partial charge in [-0.1, -0.05) is 6.92 Å². The molecule has 0 bridgehead atoms. The number of amides is 1. The van der Waals surface area contributed by atoms with Crippen LogP contribution in [0.2, 0.25) is 0 Å². The highest BCUT2D eigenvalue weighted by molar-refractivity contribution is 7.18. The average Bonchev–Trinajstić information content (AvgIpc) is 2.78. The minimum atomic E-state index is 0.196. The molecular formula is C17H28N2OS. The van der Waals surface area contributed by atoms with Crippen LogP contribution in [-0.2, 0) is 6.42 Å². The van der Waals surface area contributed by atoms with Crippen molar-refractivity contribution in [2.75, 3.05) is 24.5 Å². The summed E-state index contributed by atoms with van der Waals surface area (Å²) < 4.78 is 0. The second kappa shape index (κ2) is 7.30. The number of carbonyl (C=O) groups is 1. The fourth-order valence-corrected chi connectivity index (χ4v) is 4.28. The van der Waals surface area contributed by atoms with E-state index in [4.69, 9.17) is 0 Å². The number of hydrogen-bond acceptors (Lipinski definition) is 3. The molecule has 2 rings (SSSR count). The first-order chi connectivity index (χ1) is 10.1. The van der Waals surface area contributed by atoms with Crippen molar-refractivity contribution in [1.29, 1.82) is 0 Å². The molecule has 0 aliphatic carbocycles. The van der Waals surface area contributed by atoms with E-state index in [0.717, 1.165) is 37.4 Å². The van der Waals surface area contributed by atoms with Gasteiger partial charge in [0.25, 0.3) is 5.91 Å². The van der Waals surface area contributed by atoms with E-state index < -0.39 is 0 Å². The Balaban J connectivity index is 2.27. The van der Waals surface area contributed by atoms with Crippen molar-refractivity contribution < 1.29 is 4.79 Å². The van der Waals surface area contributed by atoms with Gasteiger partial charge in [0.15, 0.2) is 0 Å². The Kier molecular flexibility index (Phi) is 5.68. The summed E-state index contributed by atoms with van der Waals surface area (Å²) in [5, 5.41) is 1.34. The van der Waals surface area contributed by atoms with Crippen molar-refractivity contribution in [2.45, 2.75) is 59.4 Å². The molecule has 0 fully saturated rings. The van der Waals surface area contributed by atoms with Gasteiger partial charge in [0.2, 0.25) is 0 Å². The number of hydrogen-bond donors (Lipinski definition) is 0. The standard InChI is InChI=1S/C17H28N2OS/c1-5-10-18-11-8-7-9-14-12-15(21-17(14)18)16(20)19(6-2)13(3)4/h12-13H,5-11H2,1-4H3. The number of carbonyl (C=O) groups excluding carboxylic acids is 1. The molecule has 0 saturated heterocycles. The third-order valence-corrected chi connectivity index (χ3v) is 5.35. The van der Waals surface area contributed by atoms with Crippen molar-refractivity contribution in [3.8, 4) is 0 Å². The summed E-state index contributed by atoms with van der Waals surface area (Å²) in [5.41, 5.74) is 1.38. The van der Waals surface area contributed by atoms with Crippen LogP contribution in [0.1, 0.15) is 62.2 Å². The molecule has 3 nitrogen and oxygen atoms in total. The SMILES string of the molecule is CCCN1CCCCc2cc(C(=O)N(CC)C(C)C)sc21. The molecule has 1 aliphatic rings. The third kappa shape index (κ3) is 3.60. The molecule has 1 aliphatic heterocycles. The van der Waals surface area contributed by atoms with Crippen LogP contribution in [0.25, 0.3) is 0 Å². The van der Waals surface area contributed by atoms with E-state index >= 15 is 0 Å². The Labute approximate surface area is 132 Å². The van der Waals surface area contributed by atoms with Gasteiger partial charge in [-0.05, 0) is 58.1 Å². The second-order valence-corrected chi connectivity index (χ2v) is 7.10. The van der Waals surface area contributed by atoms with Gasteiger partial charge in [0.1, 0.15) is 0 Å². The van der Waals surface area contributed by atoms with Crippen LogP contribution in [0.4, 0.5) is 5.00 Å². The molecule has 0 spiro atoms. The Morgan fingerprint density at radius 1 is 1.38 bits per heavy atom. The summed E-state index contributed by atoms with van der Waals surface area (Å²) in [6, 6.07) is 2.41. The maximum absolute atomic E-state index is 12.7. The van der Waals surface area contributed by atoms with Crippen LogP contribution in [-0.4, -0.2) is 36.5 Å².